The Labute approximate surface area is 146 Å². The van der Waals surface area contributed by atoms with Gasteiger partial charge in [0, 0.05) is 11.3 Å². The standard InChI is InChI=1S/C19H20N2O4/c1-11-7-13(3)16(8-12(11)2)17(22)10-25-18(23)14-5-4-6-15(9-14)21-19(20)24/h4-9H,10H2,1-3H3,(H3,20,21,24). The lowest BCUT2D eigenvalue weighted by atomic mass is 9.98. The van der Waals surface area contributed by atoms with Gasteiger partial charge in [0.1, 0.15) is 0 Å². The first-order valence-corrected chi connectivity index (χ1v) is 7.72. The van der Waals surface area contributed by atoms with Gasteiger partial charge in [0.25, 0.3) is 0 Å². The van der Waals surface area contributed by atoms with Gasteiger partial charge in [-0.25, -0.2) is 9.59 Å². The number of carbonyl (C=O) groups excluding carboxylic acids is 3. The zero-order valence-electron chi connectivity index (χ0n) is 14.4. The molecule has 0 aliphatic carbocycles. The van der Waals surface area contributed by atoms with Gasteiger partial charge in [0.15, 0.2) is 6.61 Å². The van der Waals surface area contributed by atoms with E-state index in [0.29, 0.717) is 11.3 Å². The van der Waals surface area contributed by atoms with Crippen molar-refractivity contribution in [2.75, 3.05) is 11.9 Å². The normalized spacial score (nSPS) is 10.2. The molecule has 0 atom stereocenters. The number of aryl methyl sites for hydroxylation is 3. The molecule has 25 heavy (non-hydrogen) atoms. The summed E-state index contributed by atoms with van der Waals surface area (Å²) in [6.07, 6.45) is 0. The number of anilines is 1. The first kappa shape index (κ1) is 18.2. The lowest BCUT2D eigenvalue weighted by molar-refractivity contribution is 0.0474. The van der Waals surface area contributed by atoms with Crippen molar-refractivity contribution in [1.29, 1.82) is 0 Å². The Morgan fingerprint density at radius 2 is 1.68 bits per heavy atom. The van der Waals surface area contributed by atoms with Crippen LogP contribution in [0.2, 0.25) is 0 Å². The van der Waals surface area contributed by atoms with E-state index in [0.717, 1.165) is 16.7 Å². The number of hydrogen-bond acceptors (Lipinski definition) is 4. The number of ether oxygens (including phenoxy) is 1. The number of benzene rings is 2. The largest absolute Gasteiger partial charge is 0.454 e. The average Bonchev–Trinajstić information content (AvgIpc) is 2.55. The van der Waals surface area contributed by atoms with Crippen LogP contribution >= 0.6 is 0 Å². The van der Waals surface area contributed by atoms with Crippen LogP contribution in [-0.2, 0) is 4.74 Å². The van der Waals surface area contributed by atoms with Crippen molar-refractivity contribution < 1.29 is 19.1 Å². The molecule has 2 amide bonds. The highest BCUT2D eigenvalue weighted by Gasteiger charge is 2.15. The van der Waals surface area contributed by atoms with E-state index in [9.17, 15) is 14.4 Å². The van der Waals surface area contributed by atoms with Crippen LogP contribution in [0.5, 0.6) is 0 Å². The molecule has 0 heterocycles. The van der Waals surface area contributed by atoms with Gasteiger partial charge >= 0.3 is 12.0 Å². The molecule has 0 aliphatic heterocycles. The van der Waals surface area contributed by atoms with Crippen molar-refractivity contribution in [3.63, 3.8) is 0 Å². The Balaban J connectivity index is 2.06. The SMILES string of the molecule is Cc1cc(C)c(C(=O)COC(=O)c2cccc(NC(N)=O)c2)cc1C. The highest BCUT2D eigenvalue weighted by atomic mass is 16.5. The second kappa shape index (κ2) is 7.61. The lowest BCUT2D eigenvalue weighted by Gasteiger charge is -2.10. The molecule has 0 spiro atoms. The number of nitrogens with one attached hydrogen (secondary N) is 1. The summed E-state index contributed by atoms with van der Waals surface area (Å²) in [4.78, 5) is 35.3. The zero-order chi connectivity index (χ0) is 18.6. The van der Waals surface area contributed by atoms with Crippen molar-refractivity contribution in [3.05, 3.63) is 64.2 Å². The Bertz CT molecular complexity index is 843. The highest BCUT2D eigenvalue weighted by Crippen LogP contribution is 2.17. The molecule has 0 radical (unpaired) electrons. The third-order valence-corrected chi connectivity index (χ3v) is 3.84. The number of ketones is 1. The molecule has 0 unspecified atom stereocenters. The van der Waals surface area contributed by atoms with Crippen molar-refractivity contribution in [1.82, 2.24) is 0 Å². The van der Waals surface area contributed by atoms with Gasteiger partial charge in [-0.05, 0) is 61.7 Å². The minimum Gasteiger partial charge on any atom is -0.454 e. The van der Waals surface area contributed by atoms with Gasteiger partial charge in [-0.3, -0.25) is 4.79 Å². The molecule has 0 aliphatic rings. The monoisotopic (exact) mass is 340 g/mol. The van der Waals surface area contributed by atoms with E-state index in [-0.39, 0.29) is 18.0 Å². The molecular formula is C19H20N2O4. The number of carbonyl (C=O) groups is 3. The van der Waals surface area contributed by atoms with E-state index < -0.39 is 12.0 Å². The molecule has 0 fully saturated rings. The summed E-state index contributed by atoms with van der Waals surface area (Å²) in [5.41, 5.74) is 9.12. The summed E-state index contributed by atoms with van der Waals surface area (Å²) >= 11 is 0. The number of rotatable bonds is 5. The predicted octanol–water partition coefficient (Wildman–Crippen LogP) is 3.14. The molecule has 3 N–H and O–H groups in total. The van der Waals surface area contributed by atoms with Gasteiger partial charge in [-0.15, -0.1) is 0 Å². The Hall–Kier alpha value is -3.15. The van der Waals surface area contributed by atoms with Crippen LogP contribution in [0.1, 0.15) is 37.4 Å². The molecule has 6 heteroatoms. The van der Waals surface area contributed by atoms with Crippen LogP contribution in [0.25, 0.3) is 0 Å². The Morgan fingerprint density at radius 3 is 2.36 bits per heavy atom. The zero-order valence-corrected chi connectivity index (χ0v) is 14.4. The smallest absolute Gasteiger partial charge is 0.338 e. The summed E-state index contributed by atoms with van der Waals surface area (Å²) in [5, 5.41) is 2.37. The van der Waals surface area contributed by atoms with Gasteiger partial charge in [0.2, 0.25) is 5.78 Å². The minimum absolute atomic E-state index is 0.218. The second-order valence-corrected chi connectivity index (χ2v) is 5.82. The average molecular weight is 340 g/mol. The topological polar surface area (TPSA) is 98.5 Å². The summed E-state index contributed by atoms with van der Waals surface area (Å²) < 4.78 is 5.10. The maximum absolute atomic E-state index is 12.3. The molecule has 2 aromatic rings. The summed E-state index contributed by atoms with van der Waals surface area (Å²) in [7, 11) is 0. The molecular weight excluding hydrogens is 320 g/mol. The van der Waals surface area contributed by atoms with Gasteiger partial charge < -0.3 is 15.8 Å². The van der Waals surface area contributed by atoms with Crippen molar-refractivity contribution >= 4 is 23.5 Å². The number of nitrogens with two attached hydrogens (primary N) is 1. The van der Waals surface area contributed by atoms with Crippen LogP contribution in [0, 0.1) is 20.8 Å². The van der Waals surface area contributed by atoms with E-state index in [1.807, 2.05) is 26.8 Å². The molecule has 6 nitrogen and oxygen atoms in total. The Kier molecular flexibility index (Phi) is 5.54. The van der Waals surface area contributed by atoms with E-state index in [4.69, 9.17) is 10.5 Å². The molecule has 0 bridgehead atoms. The van der Waals surface area contributed by atoms with Crippen LogP contribution < -0.4 is 11.1 Å². The van der Waals surface area contributed by atoms with E-state index in [2.05, 4.69) is 5.32 Å². The van der Waals surface area contributed by atoms with Crippen molar-refractivity contribution in [2.24, 2.45) is 5.73 Å². The molecule has 0 saturated carbocycles. The number of hydrogen-bond donors (Lipinski definition) is 2. The summed E-state index contributed by atoms with van der Waals surface area (Å²) in [6, 6.07) is 9.13. The number of esters is 1. The minimum atomic E-state index is -0.731. The third-order valence-electron chi connectivity index (χ3n) is 3.84. The molecule has 130 valence electrons. The van der Waals surface area contributed by atoms with E-state index in [1.165, 1.54) is 12.1 Å². The van der Waals surface area contributed by atoms with Crippen LogP contribution in [0.3, 0.4) is 0 Å². The Morgan fingerprint density at radius 1 is 1.00 bits per heavy atom. The number of Topliss-reactive ketones (excluding diaryl/α,β-unsaturated/α-hetero) is 1. The van der Waals surface area contributed by atoms with Gasteiger partial charge in [-0.2, -0.15) is 0 Å². The molecule has 0 aromatic heterocycles. The quantitative estimate of drug-likeness (QED) is 0.645. The maximum atomic E-state index is 12.3. The van der Waals surface area contributed by atoms with Gasteiger partial charge in [0.05, 0.1) is 5.56 Å². The fourth-order valence-corrected chi connectivity index (χ4v) is 2.42. The molecule has 2 aromatic carbocycles. The van der Waals surface area contributed by atoms with Crippen LogP contribution in [-0.4, -0.2) is 24.4 Å². The van der Waals surface area contributed by atoms with Gasteiger partial charge in [-0.1, -0.05) is 12.1 Å². The lowest BCUT2D eigenvalue weighted by Crippen LogP contribution is -2.19. The number of amides is 2. The highest BCUT2D eigenvalue weighted by molar-refractivity contribution is 6.01. The van der Waals surface area contributed by atoms with Crippen molar-refractivity contribution in [2.45, 2.75) is 20.8 Å². The number of primary amides is 1. The fraction of sp³-hybridized carbons (Fsp3) is 0.211. The second-order valence-electron chi connectivity index (χ2n) is 5.82. The van der Waals surface area contributed by atoms with Crippen LogP contribution in [0.15, 0.2) is 36.4 Å². The molecule has 2 rings (SSSR count). The number of urea groups is 1. The van der Waals surface area contributed by atoms with Crippen molar-refractivity contribution in [3.8, 4) is 0 Å². The first-order valence-electron chi connectivity index (χ1n) is 7.72. The van der Waals surface area contributed by atoms with E-state index >= 15 is 0 Å². The third kappa shape index (κ3) is 4.67. The van der Waals surface area contributed by atoms with E-state index in [1.54, 1.807) is 18.2 Å². The predicted molar refractivity (Wildman–Crippen MR) is 94.9 cm³/mol. The fourth-order valence-electron chi connectivity index (χ4n) is 2.42. The maximum Gasteiger partial charge on any atom is 0.338 e. The molecule has 0 saturated heterocycles. The summed E-state index contributed by atoms with van der Waals surface area (Å²) in [5.74, 6) is -0.914. The summed E-state index contributed by atoms with van der Waals surface area (Å²) in [6.45, 7) is 5.40. The first-order chi connectivity index (χ1) is 11.8. The van der Waals surface area contributed by atoms with Crippen LogP contribution in [0.4, 0.5) is 10.5 Å².